The van der Waals surface area contributed by atoms with Crippen molar-refractivity contribution in [3.8, 4) is 0 Å². The predicted octanol–water partition coefficient (Wildman–Crippen LogP) is 2.46. The van der Waals surface area contributed by atoms with E-state index in [9.17, 15) is 14.0 Å². The normalized spacial score (nSPS) is 10.9. The van der Waals surface area contributed by atoms with Crippen LogP contribution in [-0.2, 0) is 11.3 Å². The summed E-state index contributed by atoms with van der Waals surface area (Å²) < 4.78 is 19.5. The van der Waals surface area contributed by atoms with Crippen LogP contribution >= 0.6 is 15.9 Å². The van der Waals surface area contributed by atoms with E-state index >= 15 is 0 Å². The van der Waals surface area contributed by atoms with Gasteiger partial charge in [-0.05, 0) is 34.1 Å². The second kappa shape index (κ2) is 5.96. The molecule has 0 amide bonds. The first-order valence-electron chi connectivity index (χ1n) is 6.60. The Morgan fingerprint density at radius 3 is 2.96 bits per heavy atom. The van der Waals surface area contributed by atoms with E-state index in [2.05, 4.69) is 30.6 Å². The van der Waals surface area contributed by atoms with E-state index in [1.807, 2.05) is 0 Å². The molecule has 6 nitrogen and oxygen atoms in total. The number of H-pyrrole nitrogens is 1. The van der Waals surface area contributed by atoms with Gasteiger partial charge in [-0.1, -0.05) is 0 Å². The molecule has 0 aliphatic heterocycles. The molecule has 0 bridgehead atoms. The maximum absolute atomic E-state index is 13.6. The molecular weight excluding hydrogens is 369 g/mol. The molecule has 0 saturated heterocycles. The largest absolute Gasteiger partial charge is 0.465 e. The molecule has 118 valence electrons. The van der Waals surface area contributed by atoms with Crippen LogP contribution < -0.4 is 5.56 Å². The van der Waals surface area contributed by atoms with Gasteiger partial charge in [0.25, 0.3) is 5.56 Å². The summed E-state index contributed by atoms with van der Waals surface area (Å²) in [4.78, 5) is 30.7. The van der Waals surface area contributed by atoms with Gasteiger partial charge in [0.15, 0.2) is 5.82 Å². The summed E-state index contributed by atoms with van der Waals surface area (Å²) in [7, 11) is 1.30. The number of hydrogen-bond donors (Lipinski definition) is 1. The van der Waals surface area contributed by atoms with Crippen LogP contribution in [0.25, 0.3) is 11.0 Å². The molecule has 0 spiro atoms. The lowest BCUT2D eigenvalue weighted by Crippen LogP contribution is -2.20. The van der Waals surface area contributed by atoms with Gasteiger partial charge >= 0.3 is 5.97 Å². The van der Waals surface area contributed by atoms with Crippen LogP contribution in [0.2, 0.25) is 0 Å². The van der Waals surface area contributed by atoms with Gasteiger partial charge in [-0.25, -0.2) is 14.2 Å². The van der Waals surface area contributed by atoms with Crippen LogP contribution in [0.5, 0.6) is 0 Å². The quantitative estimate of drug-likeness (QED) is 0.709. The van der Waals surface area contributed by atoms with Gasteiger partial charge in [0.2, 0.25) is 0 Å². The van der Waals surface area contributed by atoms with Crippen LogP contribution in [0.1, 0.15) is 16.2 Å². The van der Waals surface area contributed by atoms with Crippen LogP contribution in [0.4, 0.5) is 4.39 Å². The molecule has 1 N–H and O–H groups in total. The molecule has 2 heterocycles. The monoisotopic (exact) mass is 379 g/mol. The van der Waals surface area contributed by atoms with E-state index in [1.165, 1.54) is 11.7 Å². The molecule has 0 fully saturated rings. The SMILES string of the molecule is COC(=O)c1ccc2nc(Cn3cc(F)c(Br)cc3=O)[nH]c2c1. The summed E-state index contributed by atoms with van der Waals surface area (Å²) in [5.74, 6) is -0.506. The molecule has 3 rings (SSSR count). The number of halogens is 2. The lowest BCUT2D eigenvalue weighted by atomic mass is 10.2. The Balaban J connectivity index is 1.97. The fourth-order valence-corrected chi connectivity index (χ4v) is 2.49. The number of ether oxygens (including phenoxy) is 1. The number of aromatic nitrogens is 3. The minimum absolute atomic E-state index is 0.0886. The smallest absolute Gasteiger partial charge is 0.337 e. The summed E-state index contributed by atoms with van der Waals surface area (Å²) in [6.07, 6.45) is 1.11. The number of rotatable bonds is 3. The molecule has 2 aromatic heterocycles. The minimum Gasteiger partial charge on any atom is -0.465 e. The highest BCUT2D eigenvalue weighted by Gasteiger charge is 2.10. The van der Waals surface area contributed by atoms with Crippen molar-refractivity contribution < 1.29 is 13.9 Å². The Morgan fingerprint density at radius 2 is 2.22 bits per heavy atom. The predicted molar refractivity (Wildman–Crippen MR) is 84.9 cm³/mol. The number of benzene rings is 1. The first-order chi connectivity index (χ1) is 11.0. The molecule has 0 unspecified atom stereocenters. The average Bonchev–Trinajstić information content (AvgIpc) is 2.93. The number of methoxy groups -OCH3 is 1. The molecule has 3 aromatic rings. The molecule has 0 aliphatic carbocycles. The van der Waals surface area contributed by atoms with Crippen molar-refractivity contribution in [2.24, 2.45) is 0 Å². The van der Waals surface area contributed by atoms with Crippen molar-refractivity contribution in [1.82, 2.24) is 14.5 Å². The maximum atomic E-state index is 13.6. The van der Waals surface area contributed by atoms with Gasteiger partial charge in [0, 0.05) is 12.3 Å². The van der Waals surface area contributed by atoms with Crippen molar-refractivity contribution in [2.75, 3.05) is 7.11 Å². The van der Waals surface area contributed by atoms with Crippen LogP contribution in [0.15, 0.2) is 39.7 Å². The van der Waals surface area contributed by atoms with Gasteiger partial charge in [0.05, 0.1) is 34.7 Å². The fraction of sp³-hybridized carbons (Fsp3) is 0.133. The molecule has 23 heavy (non-hydrogen) atoms. The van der Waals surface area contributed by atoms with E-state index in [-0.39, 0.29) is 16.6 Å². The third kappa shape index (κ3) is 3.02. The summed E-state index contributed by atoms with van der Waals surface area (Å²) in [6.45, 7) is 0.0886. The van der Waals surface area contributed by atoms with Crippen LogP contribution in [-0.4, -0.2) is 27.6 Å². The summed E-state index contributed by atoms with van der Waals surface area (Å²) in [5.41, 5.74) is 1.31. The minimum atomic E-state index is -0.534. The second-order valence-corrected chi connectivity index (χ2v) is 5.70. The Kier molecular flexibility index (Phi) is 3.99. The Morgan fingerprint density at radius 1 is 1.43 bits per heavy atom. The Hall–Kier alpha value is -2.48. The third-order valence-corrected chi connectivity index (χ3v) is 3.91. The van der Waals surface area contributed by atoms with Gasteiger partial charge in [-0.2, -0.15) is 0 Å². The average molecular weight is 380 g/mol. The van der Waals surface area contributed by atoms with Crippen LogP contribution in [0.3, 0.4) is 0 Å². The summed E-state index contributed by atoms with van der Waals surface area (Å²) >= 11 is 2.97. The van der Waals surface area contributed by atoms with E-state index in [0.29, 0.717) is 22.4 Å². The van der Waals surface area contributed by atoms with E-state index < -0.39 is 11.8 Å². The lowest BCUT2D eigenvalue weighted by Gasteiger charge is -2.03. The molecule has 0 atom stereocenters. The maximum Gasteiger partial charge on any atom is 0.337 e. The highest BCUT2D eigenvalue weighted by molar-refractivity contribution is 9.10. The number of esters is 1. The van der Waals surface area contributed by atoms with Crippen molar-refractivity contribution in [3.63, 3.8) is 0 Å². The Labute approximate surface area is 138 Å². The van der Waals surface area contributed by atoms with Gasteiger partial charge in [0.1, 0.15) is 5.82 Å². The number of nitrogens with zero attached hydrogens (tertiary/aromatic N) is 2. The van der Waals surface area contributed by atoms with Crippen LogP contribution in [0, 0.1) is 5.82 Å². The van der Waals surface area contributed by atoms with E-state index in [4.69, 9.17) is 0 Å². The summed E-state index contributed by atoms with van der Waals surface area (Å²) in [6, 6.07) is 6.05. The number of hydrogen-bond acceptors (Lipinski definition) is 4. The number of imidazole rings is 1. The molecular formula is C15H11BrFN3O3. The molecule has 0 aliphatic rings. The molecule has 0 radical (unpaired) electrons. The molecule has 0 saturated carbocycles. The van der Waals surface area contributed by atoms with Crippen molar-refractivity contribution in [1.29, 1.82) is 0 Å². The zero-order valence-electron chi connectivity index (χ0n) is 12.0. The summed E-state index contributed by atoms with van der Waals surface area (Å²) in [5, 5.41) is 0. The number of fused-ring (bicyclic) bond motifs is 1. The van der Waals surface area contributed by atoms with Crippen molar-refractivity contribution >= 4 is 32.9 Å². The standard InChI is InChI=1S/C15H11BrFN3O3/c1-23-15(22)8-2-3-11-12(4-8)19-13(18-11)7-20-6-10(17)9(16)5-14(20)21/h2-6H,7H2,1H3,(H,18,19). The van der Waals surface area contributed by atoms with Gasteiger partial charge < -0.3 is 14.3 Å². The van der Waals surface area contributed by atoms with E-state index in [0.717, 1.165) is 12.3 Å². The fourth-order valence-electron chi connectivity index (χ4n) is 2.19. The number of carbonyl (C=O) groups is 1. The number of aromatic amines is 1. The zero-order chi connectivity index (χ0) is 16.6. The highest BCUT2D eigenvalue weighted by Crippen LogP contribution is 2.16. The Bertz CT molecular complexity index is 964. The zero-order valence-corrected chi connectivity index (χ0v) is 13.6. The number of nitrogens with one attached hydrogen (secondary N) is 1. The van der Waals surface area contributed by atoms with Crippen molar-refractivity contribution in [2.45, 2.75) is 6.54 Å². The van der Waals surface area contributed by atoms with Gasteiger partial charge in [-0.3, -0.25) is 4.79 Å². The number of carbonyl (C=O) groups excluding carboxylic acids is 1. The molecule has 8 heteroatoms. The topological polar surface area (TPSA) is 77.0 Å². The first-order valence-corrected chi connectivity index (χ1v) is 7.39. The number of pyridine rings is 1. The van der Waals surface area contributed by atoms with Crippen molar-refractivity contribution in [3.05, 3.63) is 62.5 Å². The van der Waals surface area contributed by atoms with E-state index in [1.54, 1.807) is 18.2 Å². The molecule has 1 aromatic carbocycles. The highest BCUT2D eigenvalue weighted by atomic mass is 79.9. The third-order valence-electron chi connectivity index (χ3n) is 3.30. The lowest BCUT2D eigenvalue weighted by molar-refractivity contribution is 0.0601. The second-order valence-electron chi connectivity index (χ2n) is 4.84. The van der Waals surface area contributed by atoms with Gasteiger partial charge in [-0.15, -0.1) is 0 Å². The first kappa shape index (κ1) is 15.4.